The highest BCUT2D eigenvalue weighted by Crippen LogP contribution is 2.32. The Morgan fingerprint density at radius 2 is 0.889 bits per heavy atom. The molecule has 0 amide bonds. The van der Waals surface area contributed by atoms with Crippen LogP contribution in [0.3, 0.4) is 0 Å². The molecule has 1 unspecified atom stereocenters. The monoisotopic (exact) mass is 622 g/mol. The molecule has 1 saturated heterocycles. The zero-order chi connectivity index (χ0) is 31.3. The average molecular weight is 623 g/mol. The minimum Gasteiger partial charge on any atom is -0.374 e. The second kappa shape index (κ2) is 16.7. The molecule has 0 aliphatic carbocycles. The molecule has 1 aliphatic rings. The van der Waals surface area contributed by atoms with E-state index < -0.39 is 43.5 Å². The lowest BCUT2D eigenvalue weighted by atomic mass is 9.97. The molecule has 238 valence electrons. The summed E-state index contributed by atoms with van der Waals surface area (Å²) in [7, 11) is 0. The molecule has 0 saturated carbocycles. The van der Waals surface area contributed by atoms with Crippen LogP contribution < -0.4 is 0 Å². The molecule has 5 rings (SSSR count). The topological polar surface area (TPSA) is 55.4 Å². The highest BCUT2D eigenvalue weighted by molar-refractivity contribution is 5.16. The molecule has 4 aromatic rings. The van der Waals surface area contributed by atoms with E-state index >= 15 is 0 Å². The molecule has 9 heteroatoms. The van der Waals surface area contributed by atoms with Crippen LogP contribution in [-0.2, 0) is 54.8 Å². The predicted octanol–water partition coefficient (Wildman–Crippen LogP) is 7.26. The summed E-state index contributed by atoms with van der Waals surface area (Å²) in [5, 5.41) is 0. The van der Waals surface area contributed by atoms with Crippen molar-refractivity contribution in [2.24, 2.45) is 0 Å². The first-order valence-electron chi connectivity index (χ1n) is 14.9. The number of ether oxygens (including phenoxy) is 6. The van der Waals surface area contributed by atoms with Gasteiger partial charge in [0, 0.05) is 0 Å². The third kappa shape index (κ3) is 10.5. The summed E-state index contributed by atoms with van der Waals surface area (Å²) in [5.41, 5.74) is 3.59. The molecule has 0 aromatic heterocycles. The van der Waals surface area contributed by atoms with Gasteiger partial charge in [-0.05, 0) is 22.3 Å². The van der Waals surface area contributed by atoms with Crippen LogP contribution in [-0.4, -0.2) is 50.1 Å². The minimum absolute atomic E-state index is 0.0246. The van der Waals surface area contributed by atoms with E-state index in [1.54, 1.807) is 0 Å². The molecular weight excluding hydrogens is 585 g/mol. The standard InChI is InChI=1S/C36H37F3O6/c37-36(38,39)26-44-35-34(43-24-30-19-11-4-12-20-30)33(42-23-29-17-9-3-10-18-29)32(41-22-28-15-7-2-8-16-28)31(45-35)25-40-21-27-13-5-1-6-14-27/h1-20,31-35H,21-26H2/t31-,32-,33+,34-,35?/m1/s1. The quantitative estimate of drug-likeness (QED) is 0.139. The van der Waals surface area contributed by atoms with Crippen LogP contribution in [0.1, 0.15) is 22.3 Å². The van der Waals surface area contributed by atoms with Gasteiger partial charge in [0.1, 0.15) is 31.0 Å². The van der Waals surface area contributed by atoms with Crippen LogP contribution in [0.4, 0.5) is 13.2 Å². The molecule has 0 N–H and O–H groups in total. The van der Waals surface area contributed by atoms with Crippen LogP contribution in [0, 0.1) is 0 Å². The van der Waals surface area contributed by atoms with Crippen molar-refractivity contribution in [3.63, 3.8) is 0 Å². The zero-order valence-electron chi connectivity index (χ0n) is 24.8. The number of hydrogen-bond acceptors (Lipinski definition) is 6. The first-order valence-corrected chi connectivity index (χ1v) is 14.9. The highest BCUT2D eigenvalue weighted by Gasteiger charge is 2.50. The van der Waals surface area contributed by atoms with Gasteiger partial charge in [0.05, 0.1) is 33.0 Å². The normalized spacial score (nSPS) is 21.9. The summed E-state index contributed by atoms with van der Waals surface area (Å²) in [6.45, 7) is -0.714. The van der Waals surface area contributed by atoms with E-state index in [2.05, 4.69) is 0 Å². The summed E-state index contributed by atoms with van der Waals surface area (Å²) >= 11 is 0. The van der Waals surface area contributed by atoms with Gasteiger partial charge in [0.2, 0.25) is 0 Å². The van der Waals surface area contributed by atoms with Crippen molar-refractivity contribution in [1.82, 2.24) is 0 Å². The Bertz CT molecular complexity index is 1380. The Morgan fingerprint density at radius 1 is 0.489 bits per heavy atom. The van der Waals surface area contributed by atoms with Gasteiger partial charge in [-0.25, -0.2) is 0 Å². The summed E-state index contributed by atoms with van der Waals surface area (Å²) in [4.78, 5) is 0. The Hall–Kier alpha value is -3.57. The van der Waals surface area contributed by atoms with Crippen molar-refractivity contribution in [2.45, 2.75) is 63.3 Å². The largest absolute Gasteiger partial charge is 0.411 e. The minimum atomic E-state index is -4.58. The third-order valence-electron chi connectivity index (χ3n) is 7.25. The summed E-state index contributed by atoms with van der Waals surface area (Å²) < 4.78 is 77.2. The van der Waals surface area contributed by atoms with Gasteiger partial charge in [0.25, 0.3) is 0 Å². The van der Waals surface area contributed by atoms with Crippen molar-refractivity contribution in [1.29, 1.82) is 0 Å². The number of rotatable bonds is 15. The van der Waals surface area contributed by atoms with E-state index in [9.17, 15) is 13.2 Å². The van der Waals surface area contributed by atoms with Gasteiger partial charge in [-0.2, -0.15) is 13.2 Å². The van der Waals surface area contributed by atoms with Crippen LogP contribution in [0.25, 0.3) is 0 Å². The van der Waals surface area contributed by atoms with Gasteiger partial charge in [-0.3, -0.25) is 0 Å². The maximum absolute atomic E-state index is 13.4. The van der Waals surface area contributed by atoms with Crippen LogP contribution in [0.15, 0.2) is 121 Å². The van der Waals surface area contributed by atoms with Crippen molar-refractivity contribution < 1.29 is 41.6 Å². The van der Waals surface area contributed by atoms with Crippen molar-refractivity contribution >= 4 is 0 Å². The van der Waals surface area contributed by atoms with E-state index in [4.69, 9.17) is 28.4 Å². The molecule has 4 aromatic carbocycles. The SMILES string of the molecule is FC(F)(F)COC1O[C@H](COCc2ccccc2)[C@@H](OCc2ccccc2)[C@H](OCc2ccccc2)[C@H]1OCc1ccccc1. The van der Waals surface area contributed by atoms with E-state index in [1.165, 1.54) is 0 Å². The van der Waals surface area contributed by atoms with Gasteiger partial charge < -0.3 is 28.4 Å². The van der Waals surface area contributed by atoms with E-state index in [1.807, 2.05) is 121 Å². The Morgan fingerprint density at radius 3 is 1.33 bits per heavy atom. The zero-order valence-corrected chi connectivity index (χ0v) is 24.8. The maximum Gasteiger partial charge on any atom is 0.411 e. The Kier molecular flexibility index (Phi) is 12.1. The van der Waals surface area contributed by atoms with Crippen molar-refractivity contribution in [3.8, 4) is 0 Å². The number of alkyl halides is 3. The molecule has 45 heavy (non-hydrogen) atoms. The van der Waals surface area contributed by atoms with Gasteiger partial charge in [-0.1, -0.05) is 121 Å². The second-order valence-corrected chi connectivity index (χ2v) is 10.8. The second-order valence-electron chi connectivity index (χ2n) is 10.8. The summed E-state index contributed by atoms with van der Waals surface area (Å²) in [5.74, 6) is 0. The van der Waals surface area contributed by atoms with Crippen molar-refractivity contribution in [3.05, 3.63) is 144 Å². The number of halogens is 3. The van der Waals surface area contributed by atoms with E-state index in [-0.39, 0.29) is 33.0 Å². The summed E-state index contributed by atoms with van der Waals surface area (Å²) in [6.07, 6.45) is -9.49. The van der Waals surface area contributed by atoms with Crippen LogP contribution in [0.5, 0.6) is 0 Å². The summed E-state index contributed by atoms with van der Waals surface area (Å²) in [6, 6.07) is 38.1. The fraction of sp³-hybridized carbons (Fsp3) is 0.333. The highest BCUT2D eigenvalue weighted by atomic mass is 19.4. The lowest BCUT2D eigenvalue weighted by Crippen LogP contribution is -2.62. The predicted molar refractivity (Wildman–Crippen MR) is 162 cm³/mol. The fourth-order valence-electron chi connectivity index (χ4n) is 5.06. The Balaban J connectivity index is 1.43. The molecule has 5 atom stereocenters. The van der Waals surface area contributed by atoms with E-state index in [0.29, 0.717) is 0 Å². The van der Waals surface area contributed by atoms with Gasteiger partial charge >= 0.3 is 6.18 Å². The first-order chi connectivity index (χ1) is 21.9. The molecule has 0 bridgehead atoms. The lowest BCUT2D eigenvalue weighted by molar-refractivity contribution is -0.341. The lowest BCUT2D eigenvalue weighted by Gasteiger charge is -2.46. The third-order valence-corrected chi connectivity index (χ3v) is 7.25. The molecule has 6 nitrogen and oxygen atoms in total. The van der Waals surface area contributed by atoms with Gasteiger partial charge in [0.15, 0.2) is 6.29 Å². The fourth-order valence-corrected chi connectivity index (χ4v) is 5.06. The van der Waals surface area contributed by atoms with E-state index in [0.717, 1.165) is 22.3 Å². The smallest absolute Gasteiger partial charge is 0.374 e. The average Bonchev–Trinajstić information content (AvgIpc) is 3.06. The molecule has 1 fully saturated rings. The Labute approximate surface area is 261 Å². The van der Waals surface area contributed by atoms with Crippen molar-refractivity contribution in [2.75, 3.05) is 13.2 Å². The molecule has 1 heterocycles. The van der Waals surface area contributed by atoms with Crippen LogP contribution in [0.2, 0.25) is 0 Å². The molecule has 0 radical (unpaired) electrons. The molecule has 0 spiro atoms. The number of benzene rings is 4. The first kappa shape index (κ1) is 32.8. The molecule has 1 aliphatic heterocycles. The van der Waals surface area contributed by atoms with Gasteiger partial charge in [-0.15, -0.1) is 0 Å². The van der Waals surface area contributed by atoms with Crippen LogP contribution >= 0.6 is 0 Å². The molecular formula is C36H37F3O6. The number of hydrogen-bond donors (Lipinski definition) is 0. The maximum atomic E-state index is 13.4.